The van der Waals surface area contributed by atoms with Gasteiger partial charge in [-0.3, -0.25) is 4.90 Å². The Balaban J connectivity index is 2.31. The zero-order valence-corrected chi connectivity index (χ0v) is 10.9. The van der Waals surface area contributed by atoms with Crippen LogP contribution in [0, 0.1) is 35.0 Å². The van der Waals surface area contributed by atoms with Gasteiger partial charge in [-0.05, 0) is 25.8 Å². The van der Waals surface area contributed by atoms with E-state index in [1.807, 2.05) is 6.92 Å². The molecule has 1 aliphatic rings. The molecule has 2 unspecified atom stereocenters. The van der Waals surface area contributed by atoms with Crippen LogP contribution in [-0.2, 0) is 6.54 Å². The molecule has 2 nitrogen and oxygen atoms in total. The highest BCUT2D eigenvalue weighted by atomic mass is 19.2. The van der Waals surface area contributed by atoms with E-state index >= 15 is 0 Å². The van der Waals surface area contributed by atoms with Crippen LogP contribution in [0.2, 0.25) is 0 Å². The zero-order valence-electron chi connectivity index (χ0n) is 10.9. The summed E-state index contributed by atoms with van der Waals surface area (Å²) in [6.07, 6.45) is 0.742. The smallest absolute Gasteiger partial charge is 0.200 e. The molecule has 0 radical (unpaired) electrons. The number of hydrogen-bond donors (Lipinski definition) is 1. The quantitative estimate of drug-likeness (QED) is 0.527. The maximum absolute atomic E-state index is 13.6. The number of hydrogen-bond acceptors (Lipinski definition) is 2. The van der Waals surface area contributed by atoms with E-state index in [4.69, 9.17) is 5.73 Å². The third-order valence-corrected chi connectivity index (χ3v) is 3.79. The predicted octanol–water partition coefficient (Wildman–Crippen LogP) is 2.55. The van der Waals surface area contributed by atoms with Gasteiger partial charge in [-0.25, -0.2) is 22.0 Å². The number of halogens is 5. The molecular weight excluding hydrogens is 279 g/mol. The van der Waals surface area contributed by atoms with Crippen LogP contribution >= 0.6 is 0 Å². The number of rotatable bonds is 3. The van der Waals surface area contributed by atoms with Crippen molar-refractivity contribution in [3.63, 3.8) is 0 Å². The van der Waals surface area contributed by atoms with Crippen LogP contribution in [0.4, 0.5) is 22.0 Å². The summed E-state index contributed by atoms with van der Waals surface area (Å²) in [5, 5.41) is 0. The summed E-state index contributed by atoms with van der Waals surface area (Å²) < 4.78 is 66.4. The minimum atomic E-state index is -2.13. The lowest BCUT2D eigenvalue weighted by Crippen LogP contribution is -2.29. The number of likely N-dealkylation sites (tertiary alicyclic amines) is 1. The minimum absolute atomic E-state index is 0.0153. The Kier molecular flexibility index (Phi) is 4.29. The Morgan fingerprint density at radius 1 is 1.00 bits per heavy atom. The second-order valence-electron chi connectivity index (χ2n) is 5.16. The minimum Gasteiger partial charge on any atom is -0.330 e. The summed E-state index contributed by atoms with van der Waals surface area (Å²) in [5.41, 5.74) is 4.75. The molecule has 0 aromatic heterocycles. The van der Waals surface area contributed by atoms with E-state index in [0.717, 1.165) is 6.42 Å². The third kappa shape index (κ3) is 2.52. The van der Waals surface area contributed by atoms with Crippen molar-refractivity contribution in [3.05, 3.63) is 34.6 Å². The summed E-state index contributed by atoms with van der Waals surface area (Å²) >= 11 is 0. The Morgan fingerprint density at radius 3 is 1.95 bits per heavy atom. The third-order valence-electron chi connectivity index (χ3n) is 3.79. The van der Waals surface area contributed by atoms with Crippen LogP contribution < -0.4 is 5.73 Å². The lowest BCUT2D eigenvalue weighted by Gasteiger charge is -2.22. The van der Waals surface area contributed by atoms with E-state index in [9.17, 15) is 22.0 Å². The molecule has 1 heterocycles. The summed E-state index contributed by atoms with van der Waals surface area (Å²) in [6, 6.07) is -0.0153. The predicted molar refractivity (Wildman–Crippen MR) is 63.3 cm³/mol. The van der Waals surface area contributed by atoms with E-state index < -0.39 is 34.6 Å². The molecule has 0 bridgehead atoms. The highest BCUT2D eigenvalue weighted by Crippen LogP contribution is 2.28. The van der Waals surface area contributed by atoms with Gasteiger partial charge in [0.15, 0.2) is 23.3 Å². The van der Waals surface area contributed by atoms with E-state index in [1.165, 1.54) is 0 Å². The Hall–Kier alpha value is -1.21. The summed E-state index contributed by atoms with van der Waals surface area (Å²) in [6.45, 7) is 2.43. The Labute approximate surface area is 113 Å². The molecule has 1 fully saturated rings. The van der Waals surface area contributed by atoms with Crippen molar-refractivity contribution in [1.82, 2.24) is 4.90 Å². The van der Waals surface area contributed by atoms with Crippen LogP contribution in [0.1, 0.15) is 18.9 Å². The van der Waals surface area contributed by atoms with Crippen LogP contribution in [0.15, 0.2) is 0 Å². The number of benzene rings is 1. The van der Waals surface area contributed by atoms with Crippen molar-refractivity contribution in [2.45, 2.75) is 25.9 Å². The largest absolute Gasteiger partial charge is 0.330 e. The monoisotopic (exact) mass is 294 g/mol. The molecule has 1 aromatic rings. The highest BCUT2D eigenvalue weighted by molar-refractivity contribution is 5.24. The van der Waals surface area contributed by atoms with Crippen LogP contribution in [0.3, 0.4) is 0 Å². The Bertz CT molecular complexity index is 491. The van der Waals surface area contributed by atoms with Gasteiger partial charge in [0.25, 0.3) is 0 Å². The SMILES string of the molecule is CC1CC(CN)CN1Cc1c(F)c(F)c(F)c(F)c1F. The van der Waals surface area contributed by atoms with Gasteiger partial charge in [0.05, 0.1) is 0 Å². The Morgan fingerprint density at radius 2 is 1.50 bits per heavy atom. The first-order valence-electron chi connectivity index (χ1n) is 6.31. The van der Waals surface area contributed by atoms with Crippen LogP contribution in [0.5, 0.6) is 0 Å². The maximum Gasteiger partial charge on any atom is 0.200 e. The molecule has 2 atom stereocenters. The van der Waals surface area contributed by atoms with Gasteiger partial charge in [0.1, 0.15) is 0 Å². The van der Waals surface area contributed by atoms with Crippen molar-refractivity contribution in [3.8, 4) is 0 Å². The molecule has 0 amide bonds. The van der Waals surface area contributed by atoms with Gasteiger partial charge in [-0.2, -0.15) is 0 Å². The molecule has 20 heavy (non-hydrogen) atoms. The molecular formula is C13H15F5N2. The van der Waals surface area contributed by atoms with Crippen LogP contribution in [-0.4, -0.2) is 24.0 Å². The van der Waals surface area contributed by atoms with E-state index in [2.05, 4.69) is 0 Å². The van der Waals surface area contributed by atoms with Gasteiger partial charge in [0.2, 0.25) is 5.82 Å². The first-order valence-corrected chi connectivity index (χ1v) is 6.31. The average Bonchev–Trinajstić information content (AvgIpc) is 2.79. The normalized spacial score (nSPS) is 23.6. The van der Waals surface area contributed by atoms with Gasteiger partial charge in [-0.15, -0.1) is 0 Å². The molecule has 0 aliphatic carbocycles. The van der Waals surface area contributed by atoms with Crippen molar-refractivity contribution in [1.29, 1.82) is 0 Å². The molecule has 112 valence electrons. The molecule has 0 saturated carbocycles. The zero-order chi connectivity index (χ0) is 15.0. The first-order chi connectivity index (χ1) is 9.36. The maximum atomic E-state index is 13.6. The summed E-state index contributed by atoms with van der Waals surface area (Å²) in [7, 11) is 0. The topological polar surface area (TPSA) is 29.3 Å². The average molecular weight is 294 g/mol. The number of nitrogens with two attached hydrogens (primary N) is 1. The number of nitrogens with zero attached hydrogens (tertiary/aromatic N) is 1. The highest BCUT2D eigenvalue weighted by Gasteiger charge is 2.32. The van der Waals surface area contributed by atoms with Crippen LogP contribution in [0.25, 0.3) is 0 Å². The molecule has 1 aliphatic heterocycles. The summed E-state index contributed by atoms with van der Waals surface area (Å²) in [5.74, 6) is -9.28. The molecule has 0 spiro atoms. The van der Waals surface area contributed by atoms with Crippen molar-refractivity contribution in [2.75, 3.05) is 13.1 Å². The van der Waals surface area contributed by atoms with E-state index in [1.54, 1.807) is 4.90 Å². The fraction of sp³-hybridized carbons (Fsp3) is 0.538. The van der Waals surface area contributed by atoms with Gasteiger partial charge in [0, 0.05) is 24.7 Å². The van der Waals surface area contributed by atoms with Gasteiger partial charge < -0.3 is 5.73 Å². The molecule has 7 heteroatoms. The van der Waals surface area contributed by atoms with Crippen molar-refractivity contribution in [2.24, 2.45) is 11.7 Å². The van der Waals surface area contributed by atoms with Crippen molar-refractivity contribution >= 4 is 0 Å². The molecule has 1 aromatic carbocycles. The van der Waals surface area contributed by atoms with E-state index in [0.29, 0.717) is 13.1 Å². The second kappa shape index (κ2) is 5.65. The second-order valence-corrected chi connectivity index (χ2v) is 5.16. The van der Waals surface area contributed by atoms with Gasteiger partial charge in [-0.1, -0.05) is 0 Å². The fourth-order valence-electron chi connectivity index (χ4n) is 2.60. The lowest BCUT2D eigenvalue weighted by atomic mass is 10.1. The standard InChI is InChI=1S/C13H15F5N2/c1-6-2-7(3-19)4-20(6)5-8-9(14)11(16)13(18)12(17)10(8)15/h6-7H,2-5,19H2,1H3. The summed E-state index contributed by atoms with van der Waals surface area (Å²) in [4.78, 5) is 1.68. The molecule has 2 rings (SSSR count). The molecule has 1 saturated heterocycles. The molecule has 2 N–H and O–H groups in total. The fourth-order valence-corrected chi connectivity index (χ4v) is 2.60. The van der Waals surface area contributed by atoms with Gasteiger partial charge >= 0.3 is 0 Å². The first kappa shape index (κ1) is 15.2. The van der Waals surface area contributed by atoms with Crippen molar-refractivity contribution < 1.29 is 22.0 Å². The van der Waals surface area contributed by atoms with E-state index in [-0.39, 0.29) is 18.5 Å². The lowest BCUT2D eigenvalue weighted by molar-refractivity contribution is 0.242.